The summed E-state index contributed by atoms with van der Waals surface area (Å²) in [6.45, 7) is 2.86. The number of imidazole rings is 1. The number of carbonyl (C=O) groups is 1. The number of nitrogens with one attached hydrogen (secondary N) is 1. The lowest BCUT2D eigenvalue weighted by atomic mass is 10.2. The summed E-state index contributed by atoms with van der Waals surface area (Å²) in [7, 11) is 4.01. The van der Waals surface area contributed by atoms with Crippen molar-refractivity contribution in [2.75, 3.05) is 39.5 Å². The standard InChI is InChI=1S/C25H30N6O2/c1-30(2)15-16-33-19-11-9-18(10-12-19)25(32)27-13-5-6-14-31-17-28-22-23(31)20-7-3-4-8-21(20)29-24(22)26/h3-4,7-12,17H,5-6,13-16H2,1-2H3,(H2,26,29)(H,27,32). The summed E-state index contributed by atoms with van der Waals surface area (Å²) >= 11 is 0. The van der Waals surface area contributed by atoms with E-state index in [0.717, 1.165) is 53.6 Å². The lowest BCUT2D eigenvalue weighted by Gasteiger charge is -2.11. The van der Waals surface area contributed by atoms with Gasteiger partial charge in [0, 0.05) is 30.6 Å². The van der Waals surface area contributed by atoms with Crippen LogP contribution in [0.25, 0.3) is 21.9 Å². The number of benzene rings is 2. The fraction of sp³-hybridized carbons (Fsp3) is 0.320. The number of likely N-dealkylation sites (N-methyl/N-ethyl adjacent to an activating group) is 1. The summed E-state index contributed by atoms with van der Waals surface area (Å²) in [4.78, 5) is 23.4. The van der Waals surface area contributed by atoms with Crippen LogP contribution in [0.5, 0.6) is 5.75 Å². The fourth-order valence-electron chi connectivity index (χ4n) is 3.74. The number of nitrogens with zero attached hydrogens (tertiary/aromatic N) is 4. The third-order valence-electron chi connectivity index (χ3n) is 5.52. The second-order valence-corrected chi connectivity index (χ2v) is 8.29. The first-order chi connectivity index (χ1) is 16.0. The number of amides is 1. The largest absolute Gasteiger partial charge is 0.492 e. The molecular formula is C25H30N6O2. The van der Waals surface area contributed by atoms with Crippen molar-refractivity contribution >= 4 is 33.7 Å². The van der Waals surface area contributed by atoms with Gasteiger partial charge in [0.1, 0.15) is 17.9 Å². The van der Waals surface area contributed by atoms with Crippen LogP contribution in [-0.4, -0.2) is 59.1 Å². The van der Waals surface area contributed by atoms with Gasteiger partial charge in [-0.25, -0.2) is 9.97 Å². The molecule has 172 valence electrons. The number of hydrogen-bond acceptors (Lipinski definition) is 6. The minimum atomic E-state index is -0.0761. The Bertz CT molecular complexity index is 1230. The van der Waals surface area contributed by atoms with Crippen LogP contribution in [0, 0.1) is 0 Å². The van der Waals surface area contributed by atoms with Crippen LogP contribution in [-0.2, 0) is 6.54 Å². The molecule has 0 bridgehead atoms. The van der Waals surface area contributed by atoms with E-state index in [1.165, 1.54) is 0 Å². The Morgan fingerprint density at radius 2 is 1.91 bits per heavy atom. The highest BCUT2D eigenvalue weighted by Crippen LogP contribution is 2.27. The number of para-hydroxylation sites is 1. The molecule has 0 unspecified atom stereocenters. The summed E-state index contributed by atoms with van der Waals surface area (Å²) in [6.07, 6.45) is 3.58. The molecule has 33 heavy (non-hydrogen) atoms. The van der Waals surface area contributed by atoms with Gasteiger partial charge in [0.05, 0.1) is 17.4 Å². The van der Waals surface area contributed by atoms with Gasteiger partial charge in [-0.1, -0.05) is 18.2 Å². The van der Waals surface area contributed by atoms with E-state index in [-0.39, 0.29) is 5.91 Å². The van der Waals surface area contributed by atoms with Crippen LogP contribution in [0.2, 0.25) is 0 Å². The highest BCUT2D eigenvalue weighted by Gasteiger charge is 2.12. The van der Waals surface area contributed by atoms with Crippen molar-refractivity contribution in [1.82, 2.24) is 24.8 Å². The van der Waals surface area contributed by atoms with E-state index >= 15 is 0 Å². The maximum Gasteiger partial charge on any atom is 0.251 e. The number of nitrogen functional groups attached to an aromatic ring is 1. The van der Waals surface area contributed by atoms with E-state index in [0.29, 0.717) is 24.5 Å². The number of ether oxygens (including phenoxy) is 1. The number of aryl methyl sites for hydroxylation is 1. The van der Waals surface area contributed by atoms with E-state index in [4.69, 9.17) is 10.5 Å². The predicted molar refractivity (Wildman–Crippen MR) is 132 cm³/mol. The van der Waals surface area contributed by atoms with Gasteiger partial charge in [-0.3, -0.25) is 4.79 Å². The van der Waals surface area contributed by atoms with Crippen LogP contribution < -0.4 is 15.8 Å². The Morgan fingerprint density at radius 3 is 2.70 bits per heavy atom. The number of aromatic nitrogens is 3. The topological polar surface area (TPSA) is 98.3 Å². The molecule has 0 fully saturated rings. The van der Waals surface area contributed by atoms with Crippen molar-refractivity contribution < 1.29 is 9.53 Å². The predicted octanol–water partition coefficient (Wildman–Crippen LogP) is 3.32. The number of carbonyl (C=O) groups excluding carboxylic acids is 1. The molecular weight excluding hydrogens is 416 g/mol. The van der Waals surface area contributed by atoms with Crippen LogP contribution in [0.3, 0.4) is 0 Å². The Morgan fingerprint density at radius 1 is 1.12 bits per heavy atom. The molecule has 4 rings (SSSR count). The molecule has 8 nitrogen and oxygen atoms in total. The van der Waals surface area contributed by atoms with Crippen molar-refractivity contribution in [1.29, 1.82) is 0 Å². The average molecular weight is 447 g/mol. The molecule has 0 atom stereocenters. The van der Waals surface area contributed by atoms with Crippen molar-refractivity contribution in [2.24, 2.45) is 0 Å². The maximum atomic E-state index is 12.4. The summed E-state index contributed by atoms with van der Waals surface area (Å²) in [5.41, 5.74) is 9.34. The summed E-state index contributed by atoms with van der Waals surface area (Å²) in [5.74, 6) is 1.14. The lowest BCUT2D eigenvalue weighted by Crippen LogP contribution is -2.24. The molecule has 2 aromatic carbocycles. The highest BCUT2D eigenvalue weighted by molar-refractivity contribution is 6.06. The Hall–Kier alpha value is -3.65. The quantitative estimate of drug-likeness (QED) is 0.363. The van der Waals surface area contributed by atoms with Crippen LogP contribution in [0.1, 0.15) is 23.2 Å². The molecule has 0 radical (unpaired) electrons. The smallest absolute Gasteiger partial charge is 0.251 e. The average Bonchev–Trinajstić information content (AvgIpc) is 3.24. The molecule has 2 heterocycles. The zero-order chi connectivity index (χ0) is 23.2. The molecule has 0 aliphatic rings. The summed E-state index contributed by atoms with van der Waals surface area (Å²) < 4.78 is 7.79. The SMILES string of the molecule is CN(C)CCOc1ccc(C(=O)NCCCCn2cnc3c(N)nc4ccccc4c32)cc1. The molecule has 4 aromatic rings. The third kappa shape index (κ3) is 5.40. The van der Waals surface area contributed by atoms with Gasteiger partial charge in [0.25, 0.3) is 5.91 Å². The molecule has 3 N–H and O–H groups in total. The van der Waals surface area contributed by atoms with Gasteiger partial charge >= 0.3 is 0 Å². The fourth-order valence-corrected chi connectivity index (χ4v) is 3.74. The number of nitrogens with two attached hydrogens (primary N) is 1. The van der Waals surface area contributed by atoms with Crippen LogP contribution >= 0.6 is 0 Å². The number of anilines is 1. The first-order valence-corrected chi connectivity index (χ1v) is 11.2. The van der Waals surface area contributed by atoms with Crippen molar-refractivity contribution in [3.8, 4) is 5.75 Å². The normalized spacial score (nSPS) is 11.4. The molecule has 2 aromatic heterocycles. The van der Waals surface area contributed by atoms with Gasteiger partial charge < -0.3 is 25.3 Å². The maximum absolute atomic E-state index is 12.4. The number of rotatable bonds is 10. The van der Waals surface area contributed by atoms with Gasteiger partial charge in [-0.2, -0.15) is 0 Å². The second-order valence-electron chi connectivity index (χ2n) is 8.29. The molecule has 8 heteroatoms. The van der Waals surface area contributed by atoms with Gasteiger partial charge in [-0.05, 0) is 57.3 Å². The molecule has 0 spiro atoms. The third-order valence-corrected chi connectivity index (χ3v) is 5.52. The van der Waals surface area contributed by atoms with Crippen molar-refractivity contribution in [2.45, 2.75) is 19.4 Å². The van der Waals surface area contributed by atoms with Gasteiger partial charge in [0.2, 0.25) is 0 Å². The summed E-state index contributed by atoms with van der Waals surface area (Å²) in [5, 5.41) is 4.03. The molecule has 0 saturated heterocycles. The van der Waals surface area contributed by atoms with Crippen molar-refractivity contribution in [3.05, 3.63) is 60.4 Å². The van der Waals surface area contributed by atoms with E-state index in [9.17, 15) is 4.79 Å². The first kappa shape index (κ1) is 22.5. The van der Waals surface area contributed by atoms with E-state index < -0.39 is 0 Å². The highest BCUT2D eigenvalue weighted by atomic mass is 16.5. The zero-order valence-corrected chi connectivity index (χ0v) is 19.1. The Balaban J connectivity index is 1.27. The molecule has 1 amide bonds. The zero-order valence-electron chi connectivity index (χ0n) is 19.1. The minimum absolute atomic E-state index is 0.0761. The Labute approximate surface area is 193 Å². The Kier molecular flexibility index (Phi) is 7.04. The van der Waals surface area contributed by atoms with Gasteiger partial charge in [-0.15, -0.1) is 0 Å². The minimum Gasteiger partial charge on any atom is -0.492 e. The first-order valence-electron chi connectivity index (χ1n) is 11.2. The van der Waals surface area contributed by atoms with E-state index in [1.54, 1.807) is 12.1 Å². The van der Waals surface area contributed by atoms with E-state index in [1.807, 2.05) is 56.8 Å². The number of unbranched alkanes of at least 4 members (excludes halogenated alkanes) is 1. The van der Waals surface area contributed by atoms with E-state index in [2.05, 4.69) is 24.8 Å². The second kappa shape index (κ2) is 10.3. The van der Waals surface area contributed by atoms with Crippen molar-refractivity contribution in [3.63, 3.8) is 0 Å². The summed E-state index contributed by atoms with van der Waals surface area (Å²) in [6, 6.07) is 15.2. The number of fused-ring (bicyclic) bond motifs is 3. The number of hydrogen-bond donors (Lipinski definition) is 2. The van der Waals surface area contributed by atoms with Gasteiger partial charge in [0.15, 0.2) is 5.82 Å². The molecule has 0 saturated carbocycles. The lowest BCUT2D eigenvalue weighted by molar-refractivity contribution is 0.0953. The molecule has 0 aliphatic heterocycles. The monoisotopic (exact) mass is 446 g/mol. The molecule has 0 aliphatic carbocycles. The van der Waals surface area contributed by atoms with Crippen LogP contribution in [0.15, 0.2) is 54.9 Å². The van der Waals surface area contributed by atoms with Crippen LogP contribution in [0.4, 0.5) is 5.82 Å². The number of pyridine rings is 1.